The first kappa shape index (κ1) is 15.0. The van der Waals surface area contributed by atoms with Gasteiger partial charge in [-0.1, -0.05) is 29.8 Å². The van der Waals surface area contributed by atoms with Crippen LogP contribution >= 0.6 is 31.9 Å². The summed E-state index contributed by atoms with van der Waals surface area (Å²) in [6.45, 7) is 4.89. The van der Waals surface area contributed by atoms with E-state index in [-0.39, 0.29) is 6.61 Å². The van der Waals surface area contributed by atoms with Gasteiger partial charge in [-0.05, 0) is 34.1 Å². The van der Waals surface area contributed by atoms with E-state index in [1.54, 1.807) is 0 Å². The van der Waals surface area contributed by atoms with E-state index in [4.69, 9.17) is 4.74 Å². The Morgan fingerprint density at radius 1 is 1.35 bits per heavy atom. The summed E-state index contributed by atoms with van der Waals surface area (Å²) in [5.74, 6) is 0.733. The van der Waals surface area contributed by atoms with Crippen molar-refractivity contribution in [3.63, 3.8) is 0 Å². The highest BCUT2D eigenvalue weighted by Gasteiger charge is 2.07. The Hall–Kier alpha value is -0.100. The molecule has 0 unspecified atom stereocenters. The van der Waals surface area contributed by atoms with Crippen LogP contribution in [0.1, 0.15) is 13.8 Å². The standard InChI is InChI=1S/C12H17Br2NO2/c1-8(2)15-6-10(16)7-17-12-4-3-9(13)5-11(12)14/h3-5,8,10,15-16H,6-7H2,1-2H3/t10-/m0/s1. The lowest BCUT2D eigenvalue weighted by molar-refractivity contribution is 0.104. The third-order valence-corrected chi connectivity index (χ3v) is 3.20. The molecule has 0 aliphatic carbocycles. The second-order valence-electron chi connectivity index (χ2n) is 4.10. The summed E-state index contributed by atoms with van der Waals surface area (Å²) in [6, 6.07) is 6.04. The first-order valence-electron chi connectivity index (χ1n) is 5.48. The second kappa shape index (κ2) is 7.36. The van der Waals surface area contributed by atoms with Crippen molar-refractivity contribution < 1.29 is 9.84 Å². The Morgan fingerprint density at radius 3 is 2.65 bits per heavy atom. The highest BCUT2D eigenvalue weighted by molar-refractivity contribution is 9.11. The monoisotopic (exact) mass is 365 g/mol. The molecule has 96 valence electrons. The molecule has 0 heterocycles. The lowest BCUT2D eigenvalue weighted by Gasteiger charge is -2.15. The molecule has 5 heteroatoms. The van der Waals surface area contributed by atoms with Gasteiger partial charge in [-0.3, -0.25) is 0 Å². The van der Waals surface area contributed by atoms with Gasteiger partial charge in [0.2, 0.25) is 0 Å². The van der Waals surface area contributed by atoms with Crippen LogP contribution in [-0.2, 0) is 0 Å². The summed E-state index contributed by atoms with van der Waals surface area (Å²) >= 11 is 6.78. The molecule has 0 amide bonds. The Balaban J connectivity index is 2.39. The van der Waals surface area contributed by atoms with Gasteiger partial charge in [0.15, 0.2) is 0 Å². The van der Waals surface area contributed by atoms with E-state index in [1.165, 1.54) is 0 Å². The summed E-state index contributed by atoms with van der Waals surface area (Å²) in [5.41, 5.74) is 0. The van der Waals surface area contributed by atoms with Crippen LogP contribution in [-0.4, -0.2) is 30.4 Å². The number of aliphatic hydroxyl groups is 1. The normalized spacial score (nSPS) is 12.8. The van der Waals surface area contributed by atoms with Gasteiger partial charge in [-0.25, -0.2) is 0 Å². The van der Waals surface area contributed by atoms with Crippen molar-refractivity contribution in [1.29, 1.82) is 0 Å². The molecule has 1 aromatic carbocycles. The van der Waals surface area contributed by atoms with Crippen molar-refractivity contribution in [1.82, 2.24) is 5.32 Å². The zero-order valence-electron chi connectivity index (χ0n) is 9.91. The summed E-state index contributed by atoms with van der Waals surface area (Å²) in [4.78, 5) is 0. The van der Waals surface area contributed by atoms with Crippen molar-refractivity contribution in [2.24, 2.45) is 0 Å². The molecule has 2 N–H and O–H groups in total. The Kier molecular flexibility index (Phi) is 6.48. The molecule has 3 nitrogen and oxygen atoms in total. The van der Waals surface area contributed by atoms with Gasteiger partial charge < -0.3 is 15.2 Å². The molecule has 1 atom stereocenters. The van der Waals surface area contributed by atoms with Gasteiger partial charge in [-0.2, -0.15) is 0 Å². The van der Waals surface area contributed by atoms with Crippen molar-refractivity contribution in [3.05, 3.63) is 27.1 Å². The lowest BCUT2D eigenvalue weighted by Crippen LogP contribution is -2.35. The zero-order chi connectivity index (χ0) is 12.8. The van der Waals surface area contributed by atoms with Crippen LogP contribution in [0.5, 0.6) is 5.75 Å². The van der Waals surface area contributed by atoms with Crippen LogP contribution in [0.4, 0.5) is 0 Å². The predicted octanol–water partition coefficient (Wildman–Crippen LogP) is 2.95. The number of hydrogen-bond acceptors (Lipinski definition) is 3. The average Bonchev–Trinajstić information content (AvgIpc) is 2.25. The van der Waals surface area contributed by atoms with Crippen molar-refractivity contribution >= 4 is 31.9 Å². The van der Waals surface area contributed by atoms with Crippen LogP contribution in [0.25, 0.3) is 0 Å². The van der Waals surface area contributed by atoms with Crippen LogP contribution in [0.2, 0.25) is 0 Å². The van der Waals surface area contributed by atoms with E-state index in [9.17, 15) is 5.11 Å². The van der Waals surface area contributed by atoms with E-state index < -0.39 is 6.10 Å². The van der Waals surface area contributed by atoms with Crippen molar-refractivity contribution in [2.75, 3.05) is 13.2 Å². The molecule has 0 fully saturated rings. The van der Waals surface area contributed by atoms with E-state index in [0.717, 1.165) is 14.7 Å². The van der Waals surface area contributed by atoms with Crippen LogP contribution in [0, 0.1) is 0 Å². The van der Waals surface area contributed by atoms with Crippen LogP contribution in [0.3, 0.4) is 0 Å². The third-order valence-electron chi connectivity index (χ3n) is 2.09. The SMILES string of the molecule is CC(C)NC[C@H](O)COc1ccc(Br)cc1Br. The van der Waals surface area contributed by atoms with E-state index in [1.807, 2.05) is 32.0 Å². The first-order valence-corrected chi connectivity index (χ1v) is 7.07. The second-order valence-corrected chi connectivity index (χ2v) is 5.87. The van der Waals surface area contributed by atoms with Crippen LogP contribution < -0.4 is 10.1 Å². The molecule has 0 radical (unpaired) electrons. The minimum absolute atomic E-state index is 0.278. The largest absolute Gasteiger partial charge is 0.490 e. The molecular weight excluding hydrogens is 350 g/mol. The molecule has 0 aliphatic heterocycles. The third kappa shape index (κ3) is 5.86. The predicted molar refractivity (Wildman–Crippen MR) is 76.5 cm³/mol. The van der Waals surface area contributed by atoms with Gasteiger partial charge in [-0.15, -0.1) is 0 Å². The average molecular weight is 367 g/mol. The molecule has 0 aromatic heterocycles. The summed E-state index contributed by atoms with van der Waals surface area (Å²) in [7, 11) is 0. The zero-order valence-corrected chi connectivity index (χ0v) is 13.1. The van der Waals surface area contributed by atoms with Crippen LogP contribution in [0.15, 0.2) is 27.1 Å². The first-order chi connectivity index (χ1) is 7.99. The quantitative estimate of drug-likeness (QED) is 0.813. The highest BCUT2D eigenvalue weighted by Crippen LogP contribution is 2.28. The minimum atomic E-state index is -0.507. The number of ether oxygens (including phenoxy) is 1. The van der Waals surface area contributed by atoms with Gasteiger partial charge in [0, 0.05) is 17.1 Å². The maximum absolute atomic E-state index is 9.69. The molecule has 0 aliphatic rings. The number of rotatable bonds is 6. The fourth-order valence-electron chi connectivity index (χ4n) is 1.21. The number of benzene rings is 1. The van der Waals surface area contributed by atoms with Gasteiger partial charge >= 0.3 is 0 Å². The number of aliphatic hydroxyl groups excluding tert-OH is 1. The van der Waals surface area contributed by atoms with E-state index >= 15 is 0 Å². The summed E-state index contributed by atoms with van der Waals surface area (Å²) < 4.78 is 7.38. The minimum Gasteiger partial charge on any atom is -0.490 e. The number of nitrogens with one attached hydrogen (secondary N) is 1. The molecule has 0 spiro atoms. The molecule has 0 saturated heterocycles. The summed E-state index contributed by atoms with van der Waals surface area (Å²) in [5, 5.41) is 12.8. The van der Waals surface area contributed by atoms with Gasteiger partial charge in [0.25, 0.3) is 0 Å². The maximum Gasteiger partial charge on any atom is 0.133 e. The fraction of sp³-hybridized carbons (Fsp3) is 0.500. The molecule has 17 heavy (non-hydrogen) atoms. The lowest BCUT2D eigenvalue weighted by atomic mass is 10.3. The maximum atomic E-state index is 9.69. The highest BCUT2D eigenvalue weighted by atomic mass is 79.9. The molecule has 1 rings (SSSR count). The Morgan fingerprint density at radius 2 is 2.06 bits per heavy atom. The molecular formula is C12H17Br2NO2. The van der Waals surface area contributed by atoms with Gasteiger partial charge in [0.05, 0.1) is 4.47 Å². The molecule has 0 saturated carbocycles. The Labute approximate surface area is 119 Å². The van der Waals surface area contributed by atoms with Gasteiger partial charge in [0.1, 0.15) is 18.5 Å². The summed E-state index contributed by atoms with van der Waals surface area (Å²) in [6.07, 6.45) is -0.507. The van der Waals surface area contributed by atoms with E-state index in [0.29, 0.717) is 12.6 Å². The fourth-order valence-corrected chi connectivity index (χ4v) is 2.37. The van der Waals surface area contributed by atoms with Crippen molar-refractivity contribution in [2.45, 2.75) is 26.0 Å². The topological polar surface area (TPSA) is 41.5 Å². The molecule has 0 bridgehead atoms. The van der Waals surface area contributed by atoms with E-state index in [2.05, 4.69) is 37.2 Å². The number of halogens is 2. The molecule has 1 aromatic rings. The smallest absolute Gasteiger partial charge is 0.133 e. The number of hydrogen-bond donors (Lipinski definition) is 2. The van der Waals surface area contributed by atoms with Crippen molar-refractivity contribution in [3.8, 4) is 5.75 Å². The Bertz CT molecular complexity index is 358.